The molecule has 1 atom stereocenters. The molecule has 2 aliphatic rings. The summed E-state index contributed by atoms with van der Waals surface area (Å²) >= 11 is 0. The fraction of sp³-hybridized carbons (Fsp3) is 0.0645. The van der Waals surface area contributed by atoms with Gasteiger partial charge in [0.15, 0.2) is 17.5 Å². The lowest BCUT2D eigenvalue weighted by atomic mass is 9.77. The average Bonchev–Trinajstić information content (AvgIpc) is 3.35. The van der Waals surface area contributed by atoms with Crippen LogP contribution < -0.4 is 10.6 Å². The maximum Gasteiger partial charge on any atom is 0.164 e. The lowest BCUT2D eigenvalue weighted by Crippen LogP contribution is -2.33. The molecule has 0 aliphatic heterocycles. The fourth-order valence-electron chi connectivity index (χ4n) is 5.29. The van der Waals surface area contributed by atoms with Crippen LogP contribution in [0.25, 0.3) is 56.2 Å². The molecule has 36 heavy (non-hydrogen) atoms. The second-order valence-corrected chi connectivity index (χ2v) is 9.31. The lowest BCUT2D eigenvalue weighted by molar-refractivity contribution is 0.566. The summed E-state index contributed by atoms with van der Waals surface area (Å²) in [5.74, 6) is 2.31. The Morgan fingerprint density at radius 1 is 0.722 bits per heavy atom. The zero-order valence-electron chi connectivity index (χ0n) is 19.8. The summed E-state index contributed by atoms with van der Waals surface area (Å²) in [6.07, 6.45) is 9.73. The molecule has 1 unspecified atom stereocenters. The van der Waals surface area contributed by atoms with Crippen LogP contribution in [0.3, 0.4) is 0 Å². The van der Waals surface area contributed by atoms with Crippen LogP contribution in [0.2, 0.25) is 0 Å². The molecule has 4 nitrogen and oxygen atoms in total. The van der Waals surface area contributed by atoms with Crippen molar-refractivity contribution in [2.75, 3.05) is 0 Å². The molecule has 0 saturated heterocycles. The van der Waals surface area contributed by atoms with Crippen LogP contribution in [0.4, 0.5) is 0 Å². The van der Waals surface area contributed by atoms with E-state index in [0.29, 0.717) is 23.4 Å². The SMILES string of the molecule is BC1=c2oc3cccc(-c4nc(-c5ccccc5)nc(-c5ccccc5)n4)c3c2=C2C=CC=CC2C1. The minimum Gasteiger partial charge on any atom is -0.457 e. The Hall–Kier alpha value is -4.51. The molecule has 5 heteroatoms. The number of furan rings is 1. The summed E-state index contributed by atoms with van der Waals surface area (Å²) in [6, 6.07) is 26.3. The van der Waals surface area contributed by atoms with Gasteiger partial charge in [0.25, 0.3) is 0 Å². The van der Waals surface area contributed by atoms with E-state index in [9.17, 15) is 0 Å². The van der Waals surface area contributed by atoms with Crippen molar-refractivity contribution in [1.29, 1.82) is 0 Å². The monoisotopic (exact) mass is 463 g/mol. The van der Waals surface area contributed by atoms with Gasteiger partial charge in [-0.25, -0.2) is 15.0 Å². The van der Waals surface area contributed by atoms with Crippen LogP contribution in [0.5, 0.6) is 0 Å². The number of benzene rings is 3. The van der Waals surface area contributed by atoms with Crippen molar-refractivity contribution in [3.63, 3.8) is 0 Å². The minimum atomic E-state index is 0.356. The Morgan fingerprint density at radius 2 is 1.39 bits per heavy atom. The van der Waals surface area contributed by atoms with Gasteiger partial charge < -0.3 is 4.42 Å². The van der Waals surface area contributed by atoms with Gasteiger partial charge in [0.05, 0.1) is 0 Å². The van der Waals surface area contributed by atoms with E-state index < -0.39 is 0 Å². The predicted molar refractivity (Wildman–Crippen MR) is 147 cm³/mol. The van der Waals surface area contributed by atoms with Crippen LogP contribution >= 0.6 is 0 Å². The molecule has 2 heterocycles. The number of allylic oxidation sites excluding steroid dienone is 4. The number of nitrogens with zero attached hydrogens (tertiary/aromatic N) is 3. The van der Waals surface area contributed by atoms with Crippen molar-refractivity contribution in [1.82, 2.24) is 15.0 Å². The molecule has 0 bridgehead atoms. The second-order valence-electron chi connectivity index (χ2n) is 9.31. The lowest BCUT2D eigenvalue weighted by Gasteiger charge is -2.20. The minimum absolute atomic E-state index is 0.356. The number of hydrogen-bond donors (Lipinski definition) is 0. The van der Waals surface area contributed by atoms with Crippen molar-refractivity contribution in [3.8, 4) is 34.2 Å². The topological polar surface area (TPSA) is 51.8 Å². The molecular formula is C31H22BN3O. The summed E-state index contributed by atoms with van der Waals surface area (Å²) < 4.78 is 6.46. The molecular weight excluding hydrogens is 441 g/mol. The van der Waals surface area contributed by atoms with E-state index in [-0.39, 0.29) is 0 Å². The van der Waals surface area contributed by atoms with E-state index in [4.69, 9.17) is 19.4 Å². The van der Waals surface area contributed by atoms with Crippen LogP contribution in [0, 0.1) is 5.92 Å². The first-order chi connectivity index (χ1) is 17.8. The van der Waals surface area contributed by atoms with Crippen LogP contribution in [0.15, 0.2) is 108 Å². The Morgan fingerprint density at radius 3 is 2.08 bits per heavy atom. The summed E-state index contributed by atoms with van der Waals surface area (Å²) in [4.78, 5) is 14.8. The molecule has 0 spiro atoms. The fourth-order valence-corrected chi connectivity index (χ4v) is 5.29. The van der Waals surface area contributed by atoms with Crippen molar-refractivity contribution >= 4 is 29.9 Å². The first kappa shape index (κ1) is 20.8. The van der Waals surface area contributed by atoms with E-state index in [1.165, 1.54) is 11.0 Å². The van der Waals surface area contributed by atoms with Crippen molar-refractivity contribution in [2.24, 2.45) is 5.92 Å². The van der Waals surface area contributed by atoms with Gasteiger partial charge in [-0.3, -0.25) is 0 Å². The summed E-state index contributed by atoms with van der Waals surface area (Å²) in [6.45, 7) is 0. The molecule has 0 fully saturated rings. The van der Waals surface area contributed by atoms with E-state index in [2.05, 4.69) is 38.2 Å². The first-order valence-corrected chi connectivity index (χ1v) is 12.2. The smallest absolute Gasteiger partial charge is 0.164 e. The second kappa shape index (κ2) is 8.31. The standard InChI is InChI=1S/C31H22BN3O/c32-24-18-21-14-7-8-15-22(21)27-26-23(16-9-17-25(26)36-28(24)27)31-34-29(19-10-3-1-4-11-19)33-30(35-31)20-12-5-2-6-13-20/h1-17,21H,18,32H2. The van der Waals surface area contributed by atoms with Crippen molar-refractivity contribution < 1.29 is 4.42 Å². The van der Waals surface area contributed by atoms with Gasteiger partial charge in [-0.05, 0) is 18.1 Å². The molecule has 5 aromatic rings. The van der Waals surface area contributed by atoms with Crippen LogP contribution in [-0.2, 0) is 0 Å². The Labute approximate surface area is 209 Å². The number of fused-ring (bicyclic) bond motifs is 4. The predicted octanol–water partition coefficient (Wildman–Crippen LogP) is 4.66. The maximum atomic E-state index is 6.46. The Balaban J connectivity index is 1.56. The summed E-state index contributed by atoms with van der Waals surface area (Å²) in [7, 11) is 2.17. The van der Waals surface area contributed by atoms with E-state index in [1.54, 1.807) is 0 Å². The number of aromatic nitrogens is 3. The largest absolute Gasteiger partial charge is 0.457 e. The summed E-state index contributed by atoms with van der Waals surface area (Å²) in [5.41, 5.74) is 7.27. The number of hydrogen-bond acceptors (Lipinski definition) is 4. The van der Waals surface area contributed by atoms with E-state index >= 15 is 0 Å². The molecule has 170 valence electrons. The van der Waals surface area contributed by atoms with Gasteiger partial charge in [0.1, 0.15) is 18.8 Å². The quantitative estimate of drug-likeness (QED) is 0.366. The van der Waals surface area contributed by atoms with Gasteiger partial charge in [-0.2, -0.15) is 0 Å². The average molecular weight is 463 g/mol. The Bertz CT molecular complexity index is 1760. The van der Waals surface area contributed by atoms with Crippen LogP contribution in [-0.4, -0.2) is 22.8 Å². The van der Waals surface area contributed by atoms with Gasteiger partial charge in [0.2, 0.25) is 0 Å². The molecule has 0 N–H and O–H groups in total. The normalized spacial score (nSPS) is 16.3. The highest BCUT2D eigenvalue weighted by atomic mass is 16.3. The maximum absolute atomic E-state index is 6.46. The van der Waals surface area contributed by atoms with Crippen molar-refractivity contribution in [3.05, 3.63) is 114 Å². The molecule has 3 aromatic carbocycles. The highest BCUT2D eigenvalue weighted by Crippen LogP contribution is 2.32. The zero-order chi connectivity index (χ0) is 24.1. The third-order valence-corrected chi connectivity index (χ3v) is 6.99. The van der Waals surface area contributed by atoms with Crippen LogP contribution in [0.1, 0.15) is 6.42 Å². The first-order valence-electron chi connectivity index (χ1n) is 12.2. The molecule has 0 radical (unpaired) electrons. The van der Waals surface area contributed by atoms with E-state index in [0.717, 1.165) is 44.7 Å². The third kappa shape index (κ3) is 3.35. The highest BCUT2D eigenvalue weighted by Gasteiger charge is 2.24. The summed E-state index contributed by atoms with van der Waals surface area (Å²) in [5, 5.41) is 2.23. The molecule has 2 aliphatic carbocycles. The van der Waals surface area contributed by atoms with Gasteiger partial charge in [0, 0.05) is 33.2 Å². The highest BCUT2D eigenvalue weighted by molar-refractivity contribution is 6.38. The molecule has 0 saturated carbocycles. The van der Waals surface area contributed by atoms with Crippen molar-refractivity contribution in [2.45, 2.75) is 6.42 Å². The van der Waals surface area contributed by atoms with Gasteiger partial charge in [-0.15, -0.1) is 0 Å². The van der Waals surface area contributed by atoms with Gasteiger partial charge >= 0.3 is 0 Å². The van der Waals surface area contributed by atoms with E-state index in [1.807, 2.05) is 72.8 Å². The molecule has 0 amide bonds. The third-order valence-electron chi connectivity index (χ3n) is 6.99. The number of rotatable bonds is 3. The zero-order valence-corrected chi connectivity index (χ0v) is 19.8. The molecule has 7 rings (SSSR count). The van der Waals surface area contributed by atoms with Gasteiger partial charge in [-0.1, -0.05) is 103 Å². The molecule has 2 aromatic heterocycles. The Kier molecular flexibility index (Phi) is 4.81.